The van der Waals surface area contributed by atoms with Gasteiger partial charge in [0.2, 0.25) is 5.91 Å². The molecule has 3 aliphatic rings. The van der Waals surface area contributed by atoms with Gasteiger partial charge in [-0.15, -0.1) is 0 Å². The molecular weight excluding hydrogens is 414 g/mol. The maximum Gasteiger partial charge on any atom is 0.251 e. The number of hydrogen-bond acceptors (Lipinski definition) is 5. The molecule has 0 bridgehead atoms. The third-order valence-corrected chi connectivity index (χ3v) is 7.77. The van der Waals surface area contributed by atoms with Gasteiger partial charge < -0.3 is 15.1 Å². The molecule has 7 heteroatoms. The predicted molar refractivity (Wildman–Crippen MR) is 133 cm³/mol. The Kier molecular flexibility index (Phi) is 8.25. The van der Waals surface area contributed by atoms with E-state index >= 15 is 0 Å². The summed E-state index contributed by atoms with van der Waals surface area (Å²) in [4.78, 5) is 34.6. The van der Waals surface area contributed by atoms with Gasteiger partial charge in [-0.1, -0.05) is 32.8 Å². The predicted octanol–water partition coefficient (Wildman–Crippen LogP) is 2.28. The highest BCUT2D eigenvalue weighted by Crippen LogP contribution is 2.25. The van der Waals surface area contributed by atoms with Crippen molar-refractivity contribution in [3.63, 3.8) is 0 Å². The number of amides is 2. The van der Waals surface area contributed by atoms with Crippen LogP contribution in [0.3, 0.4) is 0 Å². The van der Waals surface area contributed by atoms with E-state index in [1.807, 2.05) is 18.2 Å². The quantitative estimate of drug-likeness (QED) is 0.652. The molecular formula is C26H41N5O2. The topological polar surface area (TPSA) is 59.1 Å². The Morgan fingerprint density at radius 3 is 2.39 bits per heavy atom. The standard InChI is InChI=1S/C26H41N5O2/c1-3-21(2)19-27-26(33)22-6-4-9-24(18-22)30-12-10-28(11-13-30)20-25(32)31-16-14-29(15-17-31)23-7-5-8-23/h4,6,9,18,21,23H,3,5,7-8,10-17,19-20H2,1-2H3,(H,27,33). The smallest absolute Gasteiger partial charge is 0.251 e. The first-order valence-corrected chi connectivity index (χ1v) is 12.9. The highest BCUT2D eigenvalue weighted by molar-refractivity contribution is 5.95. The monoisotopic (exact) mass is 455 g/mol. The van der Waals surface area contributed by atoms with Crippen LogP contribution in [0, 0.1) is 5.92 Å². The van der Waals surface area contributed by atoms with Crippen molar-refractivity contribution in [1.29, 1.82) is 0 Å². The second kappa shape index (κ2) is 11.3. The average Bonchev–Trinajstić information content (AvgIpc) is 2.82. The van der Waals surface area contributed by atoms with Crippen LogP contribution >= 0.6 is 0 Å². The third-order valence-electron chi connectivity index (χ3n) is 7.77. The summed E-state index contributed by atoms with van der Waals surface area (Å²) in [5, 5.41) is 3.04. The zero-order valence-electron chi connectivity index (χ0n) is 20.5. The summed E-state index contributed by atoms with van der Waals surface area (Å²) in [6.07, 6.45) is 5.10. The van der Waals surface area contributed by atoms with Crippen LogP contribution in [0.4, 0.5) is 5.69 Å². The molecule has 1 saturated carbocycles. The zero-order chi connectivity index (χ0) is 23.2. The number of carbonyl (C=O) groups excluding carboxylic acids is 2. The Bertz CT molecular complexity index is 796. The summed E-state index contributed by atoms with van der Waals surface area (Å²) in [7, 11) is 0. The minimum absolute atomic E-state index is 0.00112. The van der Waals surface area contributed by atoms with Crippen LogP contribution in [0.25, 0.3) is 0 Å². The van der Waals surface area contributed by atoms with Gasteiger partial charge in [0.1, 0.15) is 0 Å². The van der Waals surface area contributed by atoms with Crippen LogP contribution in [0.15, 0.2) is 24.3 Å². The molecule has 1 N–H and O–H groups in total. The molecule has 33 heavy (non-hydrogen) atoms. The summed E-state index contributed by atoms with van der Waals surface area (Å²) in [5.41, 5.74) is 1.80. The van der Waals surface area contributed by atoms with Crippen LogP contribution < -0.4 is 10.2 Å². The van der Waals surface area contributed by atoms with Gasteiger partial charge in [-0.05, 0) is 37.0 Å². The first-order chi connectivity index (χ1) is 16.0. The Hall–Kier alpha value is -2.12. The fourth-order valence-electron chi connectivity index (χ4n) is 4.90. The molecule has 1 aromatic rings. The van der Waals surface area contributed by atoms with Gasteiger partial charge in [-0.3, -0.25) is 19.4 Å². The van der Waals surface area contributed by atoms with Gasteiger partial charge >= 0.3 is 0 Å². The normalized spacial score (nSPS) is 21.5. The summed E-state index contributed by atoms with van der Waals surface area (Å²) in [6.45, 7) is 12.8. The van der Waals surface area contributed by atoms with Crippen molar-refractivity contribution >= 4 is 17.5 Å². The van der Waals surface area contributed by atoms with Gasteiger partial charge in [-0.2, -0.15) is 0 Å². The fourth-order valence-corrected chi connectivity index (χ4v) is 4.90. The third kappa shape index (κ3) is 6.27. The first-order valence-electron chi connectivity index (χ1n) is 12.9. The summed E-state index contributed by atoms with van der Waals surface area (Å²) in [5.74, 6) is 0.759. The molecule has 0 radical (unpaired) electrons. The molecule has 1 atom stereocenters. The van der Waals surface area contributed by atoms with Crippen LogP contribution in [-0.2, 0) is 4.79 Å². The maximum atomic E-state index is 12.8. The van der Waals surface area contributed by atoms with Crippen molar-refractivity contribution in [3.05, 3.63) is 29.8 Å². The molecule has 0 aromatic heterocycles. The Labute approximate surface area is 199 Å². The van der Waals surface area contributed by atoms with E-state index in [2.05, 4.69) is 44.8 Å². The number of carbonyl (C=O) groups is 2. The Morgan fingerprint density at radius 1 is 1.03 bits per heavy atom. The number of piperazine rings is 2. The molecule has 1 aliphatic carbocycles. The van der Waals surface area contributed by atoms with Crippen molar-refractivity contribution < 1.29 is 9.59 Å². The van der Waals surface area contributed by atoms with E-state index < -0.39 is 0 Å². The number of benzene rings is 1. The van der Waals surface area contributed by atoms with Crippen LogP contribution in [0.1, 0.15) is 49.9 Å². The zero-order valence-corrected chi connectivity index (χ0v) is 20.5. The average molecular weight is 456 g/mol. The molecule has 1 aromatic carbocycles. The van der Waals surface area contributed by atoms with Crippen molar-refractivity contribution in [2.75, 3.05) is 70.3 Å². The van der Waals surface area contributed by atoms with Crippen molar-refractivity contribution in [1.82, 2.24) is 20.0 Å². The second-order valence-electron chi connectivity index (χ2n) is 10.0. The Balaban J connectivity index is 1.21. The molecule has 7 nitrogen and oxygen atoms in total. The van der Waals surface area contributed by atoms with Gasteiger partial charge in [0, 0.05) is 76.2 Å². The summed E-state index contributed by atoms with van der Waals surface area (Å²) in [6, 6.07) is 8.70. The number of anilines is 1. The number of nitrogens with one attached hydrogen (secondary N) is 1. The fraction of sp³-hybridized carbons (Fsp3) is 0.692. The van der Waals surface area contributed by atoms with Crippen LogP contribution in [0.2, 0.25) is 0 Å². The minimum Gasteiger partial charge on any atom is -0.369 e. The summed E-state index contributed by atoms with van der Waals surface area (Å²) < 4.78 is 0. The molecule has 1 unspecified atom stereocenters. The highest BCUT2D eigenvalue weighted by Gasteiger charge is 2.30. The van der Waals surface area contributed by atoms with E-state index in [0.29, 0.717) is 19.0 Å². The lowest BCUT2D eigenvalue weighted by molar-refractivity contribution is -0.134. The van der Waals surface area contributed by atoms with Crippen LogP contribution in [0.5, 0.6) is 0 Å². The lowest BCUT2D eigenvalue weighted by atomic mass is 9.91. The molecule has 3 fully saturated rings. The van der Waals surface area contributed by atoms with E-state index in [-0.39, 0.29) is 11.8 Å². The molecule has 2 heterocycles. The maximum absolute atomic E-state index is 12.8. The molecule has 2 aliphatic heterocycles. The lowest BCUT2D eigenvalue weighted by Crippen LogP contribution is -2.56. The molecule has 4 rings (SSSR count). The minimum atomic E-state index is -0.00112. The SMILES string of the molecule is CCC(C)CNC(=O)c1cccc(N2CCN(CC(=O)N3CCN(C4CCC4)CC3)CC2)c1. The largest absolute Gasteiger partial charge is 0.369 e. The van der Waals surface area contributed by atoms with E-state index in [9.17, 15) is 9.59 Å². The van der Waals surface area contributed by atoms with Gasteiger partial charge in [-0.25, -0.2) is 0 Å². The van der Waals surface area contributed by atoms with Crippen molar-refractivity contribution in [3.8, 4) is 0 Å². The van der Waals surface area contributed by atoms with Gasteiger partial charge in [0.15, 0.2) is 0 Å². The highest BCUT2D eigenvalue weighted by atomic mass is 16.2. The van der Waals surface area contributed by atoms with Crippen molar-refractivity contribution in [2.24, 2.45) is 5.92 Å². The number of nitrogens with zero attached hydrogens (tertiary/aromatic N) is 4. The number of hydrogen-bond donors (Lipinski definition) is 1. The van der Waals surface area contributed by atoms with Gasteiger partial charge in [0.05, 0.1) is 6.54 Å². The number of rotatable bonds is 8. The lowest BCUT2D eigenvalue weighted by Gasteiger charge is -2.43. The molecule has 2 amide bonds. The van der Waals surface area contributed by atoms with Gasteiger partial charge in [0.25, 0.3) is 5.91 Å². The van der Waals surface area contributed by atoms with E-state index in [4.69, 9.17) is 0 Å². The first kappa shape index (κ1) is 24.0. The molecule has 182 valence electrons. The molecule has 0 spiro atoms. The van der Waals surface area contributed by atoms with E-state index in [0.717, 1.165) is 76.1 Å². The second-order valence-corrected chi connectivity index (χ2v) is 10.0. The summed E-state index contributed by atoms with van der Waals surface area (Å²) >= 11 is 0. The van der Waals surface area contributed by atoms with E-state index in [1.165, 1.54) is 19.3 Å². The Morgan fingerprint density at radius 2 is 1.76 bits per heavy atom. The van der Waals surface area contributed by atoms with Crippen LogP contribution in [-0.4, -0.2) is 98.0 Å². The molecule has 2 saturated heterocycles. The van der Waals surface area contributed by atoms with E-state index in [1.54, 1.807) is 0 Å². The van der Waals surface area contributed by atoms with Crippen molar-refractivity contribution in [2.45, 2.75) is 45.6 Å².